The summed E-state index contributed by atoms with van der Waals surface area (Å²) in [5.41, 5.74) is 0. The largest absolute Gasteiger partial charge is 0.394 e. The summed E-state index contributed by atoms with van der Waals surface area (Å²) in [5, 5.41) is 228. The molecule has 0 saturated carbocycles. The lowest BCUT2D eigenvalue weighted by Gasteiger charge is -2.51. The van der Waals surface area contributed by atoms with E-state index in [0.717, 1.165) is 0 Å². The van der Waals surface area contributed by atoms with Gasteiger partial charge >= 0.3 is 0 Å². The summed E-state index contributed by atoms with van der Waals surface area (Å²) in [5.74, 6) is 0. The van der Waals surface area contributed by atoms with Gasteiger partial charge in [-0.25, -0.2) is 0 Å². The van der Waals surface area contributed by atoms with E-state index in [1.165, 1.54) is 0 Å². The maximum atomic E-state index is 11.8. The summed E-state index contributed by atoms with van der Waals surface area (Å²) < 4.78 is 74.0. The summed E-state index contributed by atoms with van der Waals surface area (Å²) in [7, 11) is 0. The van der Waals surface area contributed by atoms with Crippen molar-refractivity contribution in [2.45, 2.75) is 203 Å². The highest BCUT2D eigenvalue weighted by atomic mass is 16.8. The Morgan fingerprint density at radius 1 is 0.284 bits per heavy atom. The molecular formula is C40H68O34. The first-order chi connectivity index (χ1) is 35.2. The van der Waals surface area contributed by atoms with Crippen LogP contribution in [0.5, 0.6) is 0 Å². The topological polar surface area (TPSA) is 545 Å². The Bertz CT molecular complexity index is 1700. The molecule has 74 heavy (non-hydrogen) atoms. The van der Waals surface area contributed by atoms with E-state index < -0.39 is 249 Å². The van der Waals surface area contributed by atoms with E-state index in [2.05, 4.69) is 0 Å². The fourth-order valence-electron chi connectivity index (χ4n) is 9.61. The average molecular weight is 1090 g/mol. The molecule has 0 aliphatic carbocycles. The fourth-order valence-corrected chi connectivity index (χ4v) is 9.61. The number of aliphatic hydroxyl groups excluding tert-OH is 21. The Balaban J connectivity index is 1.23. The Morgan fingerprint density at radius 2 is 0.500 bits per heavy atom. The van der Waals surface area contributed by atoms with E-state index in [9.17, 15) is 107 Å². The maximum absolute atomic E-state index is 11.8. The molecule has 34 heteroatoms. The molecule has 22 rings (SSSR count). The molecule has 22 aliphatic heterocycles. The minimum absolute atomic E-state index is 1.03. The van der Waals surface area contributed by atoms with Crippen LogP contribution in [0.15, 0.2) is 0 Å². The number of ether oxygens (including phenoxy) is 13. The third kappa shape index (κ3) is 12.0. The van der Waals surface area contributed by atoms with Crippen LogP contribution in [0.3, 0.4) is 0 Å². The molecule has 0 amide bonds. The van der Waals surface area contributed by atoms with Crippen molar-refractivity contribution < 1.29 is 169 Å². The molecule has 432 valence electrons. The highest BCUT2D eigenvalue weighted by Crippen LogP contribution is 2.39. The Labute approximate surface area is 417 Å². The van der Waals surface area contributed by atoms with Crippen molar-refractivity contribution in [3.8, 4) is 0 Å². The second kappa shape index (κ2) is 25.8. The first-order valence-corrected chi connectivity index (χ1v) is 23.5. The van der Waals surface area contributed by atoms with Gasteiger partial charge in [0.05, 0.1) is 46.2 Å². The Morgan fingerprint density at radius 3 is 0.730 bits per heavy atom. The zero-order valence-electron chi connectivity index (χ0n) is 38.7. The minimum atomic E-state index is -2.55. The van der Waals surface area contributed by atoms with Crippen molar-refractivity contribution in [3.63, 3.8) is 0 Å². The average Bonchev–Trinajstić information content (AvgIpc) is 3.39. The van der Waals surface area contributed by atoms with Gasteiger partial charge in [0.15, 0.2) is 44.0 Å². The van der Waals surface area contributed by atoms with Crippen molar-refractivity contribution in [1.82, 2.24) is 0 Å². The molecule has 0 aromatic carbocycles. The van der Waals surface area contributed by atoms with Gasteiger partial charge in [0.1, 0.15) is 159 Å². The standard InChI is InChI=1S/C40H68O34/c41-1-8(48)15(49)34(61)68-33-26(60)40-67-14(7-47)32(33)74-39-25(59)20(54)30(12(5-45)66-39)72-37-23(57)18(52)28(10(3-43)64-37)70-35-21(55)16(50)27(9(2-42)62-35)69-36-22(56)17(51)29(11(4-44)63-36)71-38-24(58)19(53)31(73-40)13(6-46)65-38/h8-61H,1-7H2/t8?,9-,10-,11-,12-,13-,14-,15?,16-,17-,18-,19-,20-,21-,22-,23-,24-,25-,26-,27-,28-,29-,30-,31-,32+,33-,34?,35-,36-,37-,38-,39-,40-/m1/s1. The highest BCUT2D eigenvalue weighted by Gasteiger charge is 2.59. The summed E-state index contributed by atoms with van der Waals surface area (Å²) in [6.45, 7) is -7.61. The SMILES string of the molecule is OCC(O)C(O)C(O)O[C@@H]1[C@@H](O)[C@H]2O[C@H]3[C@H](O)[C@@H](O)[C@@H](O[C@H]4[C@H](O)[C@@H](O)[C@@H](O[C@H]5[C@H](O)[C@@H](O)[C@@H](O[C@H]6[C@H](O)[C@@H](O)[C@@H](O[C@H]7[C@H](O)[C@@H](O)[C@@H](O[C@H]1[C@@H](CO)O2)O[C@@H]7CO)O[C@@H]6CO)O[C@@H]5CO)O[C@@H]4CO)O[C@@H]3CO. The van der Waals surface area contributed by atoms with Crippen molar-refractivity contribution in [3.05, 3.63) is 0 Å². The summed E-state index contributed by atoms with van der Waals surface area (Å²) in [6, 6.07) is 0. The van der Waals surface area contributed by atoms with Crippen LogP contribution in [-0.2, 0) is 61.6 Å². The van der Waals surface area contributed by atoms with Crippen LogP contribution in [0.1, 0.15) is 0 Å². The van der Waals surface area contributed by atoms with Gasteiger partial charge in [-0.3, -0.25) is 0 Å². The molecule has 3 unspecified atom stereocenters. The van der Waals surface area contributed by atoms with E-state index in [-0.39, 0.29) is 0 Å². The zero-order chi connectivity index (χ0) is 54.2. The van der Waals surface area contributed by atoms with E-state index in [4.69, 9.17) is 61.6 Å². The smallest absolute Gasteiger partial charge is 0.187 e. The molecule has 33 atom stereocenters. The third-order valence-corrected chi connectivity index (χ3v) is 13.8. The van der Waals surface area contributed by atoms with Crippen LogP contribution in [0.2, 0.25) is 0 Å². The highest BCUT2D eigenvalue weighted by molar-refractivity contribution is 5.01. The van der Waals surface area contributed by atoms with Crippen molar-refractivity contribution in [2.75, 3.05) is 46.2 Å². The van der Waals surface area contributed by atoms with Gasteiger partial charge in [-0.2, -0.15) is 0 Å². The van der Waals surface area contributed by atoms with Crippen molar-refractivity contribution >= 4 is 0 Å². The number of aliphatic hydroxyl groups is 21. The van der Waals surface area contributed by atoms with E-state index in [1.54, 1.807) is 0 Å². The molecule has 12 bridgehead atoms. The molecule has 21 N–H and O–H groups in total. The second-order valence-corrected chi connectivity index (χ2v) is 18.6. The minimum Gasteiger partial charge on any atom is -0.394 e. The molecule has 22 heterocycles. The predicted octanol–water partition coefficient (Wildman–Crippen LogP) is -15.0. The Hall–Kier alpha value is -1.36. The summed E-state index contributed by atoms with van der Waals surface area (Å²) >= 11 is 0. The van der Waals surface area contributed by atoms with E-state index >= 15 is 0 Å². The van der Waals surface area contributed by atoms with Gasteiger partial charge in [0.25, 0.3) is 0 Å². The van der Waals surface area contributed by atoms with Gasteiger partial charge in [-0.05, 0) is 0 Å². The first kappa shape index (κ1) is 60.3. The van der Waals surface area contributed by atoms with Crippen LogP contribution in [-0.4, -0.2) is 356 Å². The van der Waals surface area contributed by atoms with Crippen LogP contribution < -0.4 is 0 Å². The lowest BCUT2D eigenvalue weighted by molar-refractivity contribution is -0.408. The number of rotatable bonds is 11. The zero-order valence-corrected chi connectivity index (χ0v) is 38.7. The van der Waals surface area contributed by atoms with Gasteiger partial charge in [-0.15, -0.1) is 0 Å². The third-order valence-electron chi connectivity index (χ3n) is 13.8. The molecule has 0 spiro atoms. The number of hydrogen-bond donors (Lipinski definition) is 21. The van der Waals surface area contributed by atoms with Gasteiger partial charge < -0.3 is 169 Å². The summed E-state index contributed by atoms with van der Waals surface area (Å²) in [4.78, 5) is 0. The molecule has 22 aliphatic rings. The fraction of sp³-hybridized carbons (Fsp3) is 1.00. The van der Waals surface area contributed by atoms with Crippen LogP contribution >= 0.6 is 0 Å². The lowest BCUT2D eigenvalue weighted by atomic mass is 9.94. The molecule has 0 aromatic heterocycles. The molecule has 0 aromatic rings. The van der Waals surface area contributed by atoms with Gasteiger partial charge in [0, 0.05) is 0 Å². The summed E-state index contributed by atoms with van der Waals surface area (Å²) in [6.07, 6.45) is -68.5. The van der Waals surface area contributed by atoms with Gasteiger partial charge in [0.2, 0.25) is 0 Å². The lowest BCUT2D eigenvalue weighted by Crippen LogP contribution is -2.69. The quantitative estimate of drug-likeness (QED) is 0.0854. The Kier molecular flexibility index (Phi) is 21.0. The molecular weight excluding hydrogens is 1020 g/mol. The van der Waals surface area contributed by atoms with Crippen molar-refractivity contribution in [1.29, 1.82) is 0 Å². The first-order valence-electron chi connectivity index (χ1n) is 23.5. The molecule has 0 radical (unpaired) electrons. The predicted molar refractivity (Wildman–Crippen MR) is 220 cm³/mol. The van der Waals surface area contributed by atoms with Crippen LogP contribution in [0.4, 0.5) is 0 Å². The van der Waals surface area contributed by atoms with Gasteiger partial charge in [-0.1, -0.05) is 0 Å². The van der Waals surface area contributed by atoms with Crippen LogP contribution in [0.25, 0.3) is 0 Å². The maximum Gasteiger partial charge on any atom is 0.187 e. The second-order valence-electron chi connectivity index (χ2n) is 18.6. The number of hydrogen-bond acceptors (Lipinski definition) is 34. The van der Waals surface area contributed by atoms with E-state index in [1.807, 2.05) is 0 Å². The van der Waals surface area contributed by atoms with E-state index in [0.29, 0.717) is 0 Å². The monoisotopic (exact) mass is 1090 g/mol. The molecule has 22 saturated heterocycles. The van der Waals surface area contributed by atoms with Crippen LogP contribution in [0, 0.1) is 0 Å². The molecule has 22 fully saturated rings. The molecule has 34 nitrogen and oxygen atoms in total. The van der Waals surface area contributed by atoms with Crippen molar-refractivity contribution in [2.24, 2.45) is 0 Å². The normalized spacial score (nSPS) is 52.0.